The van der Waals surface area contributed by atoms with Crippen LogP contribution in [-0.2, 0) is 19.1 Å². The van der Waals surface area contributed by atoms with Crippen LogP contribution in [0.2, 0.25) is 0 Å². The highest BCUT2D eigenvalue weighted by Gasteiger charge is 2.24. The molecule has 0 aromatic carbocycles. The summed E-state index contributed by atoms with van der Waals surface area (Å²) < 4.78 is 10.2. The fraction of sp³-hybridized carbons (Fsp3) is 0.824. The Morgan fingerprint density at radius 2 is 1.79 bits per heavy atom. The number of carboxylic acids is 1. The van der Waals surface area contributed by atoms with Gasteiger partial charge in [-0.3, -0.25) is 4.79 Å². The first-order valence-corrected chi connectivity index (χ1v) is 8.55. The number of esters is 1. The van der Waals surface area contributed by atoms with E-state index in [1.807, 2.05) is 0 Å². The summed E-state index contributed by atoms with van der Waals surface area (Å²) in [5.41, 5.74) is -0.623. The van der Waals surface area contributed by atoms with E-state index in [9.17, 15) is 14.4 Å². The fourth-order valence-electron chi connectivity index (χ4n) is 2.64. The molecule has 1 rings (SSSR count). The van der Waals surface area contributed by atoms with Gasteiger partial charge in [0.25, 0.3) is 0 Å². The number of carbonyl (C=O) groups excluding carboxylic acids is 2. The van der Waals surface area contributed by atoms with Gasteiger partial charge in [-0.25, -0.2) is 9.59 Å². The molecule has 0 spiro atoms. The van der Waals surface area contributed by atoms with Crippen LogP contribution in [0.4, 0.5) is 4.79 Å². The van der Waals surface area contributed by atoms with Crippen molar-refractivity contribution in [2.24, 2.45) is 5.92 Å². The van der Waals surface area contributed by atoms with E-state index in [2.05, 4.69) is 5.32 Å². The Hall–Kier alpha value is -1.79. The minimum Gasteiger partial charge on any atom is -0.480 e. The van der Waals surface area contributed by atoms with Crippen molar-refractivity contribution in [1.29, 1.82) is 0 Å². The maximum atomic E-state index is 11.8. The summed E-state index contributed by atoms with van der Waals surface area (Å²) in [5, 5.41) is 11.5. The first-order valence-electron chi connectivity index (χ1n) is 8.55. The quantitative estimate of drug-likeness (QED) is 0.689. The van der Waals surface area contributed by atoms with E-state index in [1.165, 1.54) is 6.42 Å². The molecule has 2 N–H and O–H groups in total. The summed E-state index contributed by atoms with van der Waals surface area (Å²) in [4.78, 5) is 34.6. The highest BCUT2D eigenvalue weighted by atomic mass is 16.6. The highest BCUT2D eigenvalue weighted by Crippen LogP contribution is 2.23. The van der Waals surface area contributed by atoms with E-state index < -0.39 is 29.7 Å². The van der Waals surface area contributed by atoms with Gasteiger partial charge in [0.15, 0.2) is 0 Å². The molecular formula is C17H29NO6. The first-order chi connectivity index (χ1) is 11.2. The van der Waals surface area contributed by atoms with E-state index >= 15 is 0 Å². The van der Waals surface area contributed by atoms with Gasteiger partial charge in [0.2, 0.25) is 0 Å². The molecule has 1 aliphatic rings. The number of aliphatic carboxylic acids is 1. The molecule has 1 aliphatic carbocycles. The number of carbonyl (C=O) groups is 3. The molecule has 0 radical (unpaired) electrons. The topological polar surface area (TPSA) is 102 Å². The molecule has 1 amide bonds. The van der Waals surface area contributed by atoms with Gasteiger partial charge in [-0.2, -0.15) is 0 Å². The fourth-order valence-corrected chi connectivity index (χ4v) is 2.64. The van der Waals surface area contributed by atoms with E-state index in [0.29, 0.717) is 12.5 Å². The molecule has 0 aromatic heterocycles. The maximum Gasteiger partial charge on any atom is 0.407 e. The third-order valence-electron chi connectivity index (χ3n) is 3.82. The van der Waals surface area contributed by atoms with Crippen LogP contribution in [0.1, 0.15) is 65.7 Å². The van der Waals surface area contributed by atoms with E-state index in [-0.39, 0.29) is 12.8 Å². The minimum atomic E-state index is -1.20. The third kappa shape index (κ3) is 8.74. The van der Waals surface area contributed by atoms with Crippen LogP contribution >= 0.6 is 0 Å². The van der Waals surface area contributed by atoms with Gasteiger partial charge >= 0.3 is 18.0 Å². The molecule has 0 aromatic rings. The molecule has 1 fully saturated rings. The summed E-state index contributed by atoms with van der Waals surface area (Å²) in [6.45, 7) is 5.52. The zero-order valence-corrected chi connectivity index (χ0v) is 14.8. The second-order valence-corrected chi connectivity index (χ2v) is 7.26. The maximum absolute atomic E-state index is 11.8. The Balaban J connectivity index is 2.34. The average molecular weight is 343 g/mol. The minimum absolute atomic E-state index is 0.0389. The number of ether oxygens (including phenoxy) is 2. The lowest BCUT2D eigenvalue weighted by atomic mass is 9.90. The average Bonchev–Trinajstić information content (AvgIpc) is 2.48. The second-order valence-electron chi connectivity index (χ2n) is 7.26. The van der Waals surface area contributed by atoms with Gasteiger partial charge in [-0.15, -0.1) is 0 Å². The summed E-state index contributed by atoms with van der Waals surface area (Å²) >= 11 is 0. The molecule has 0 saturated heterocycles. The van der Waals surface area contributed by atoms with E-state index in [1.54, 1.807) is 20.8 Å². The summed E-state index contributed by atoms with van der Waals surface area (Å²) in [6, 6.07) is -1.17. The Morgan fingerprint density at radius 1 is 1.17 bits per heavy atom. The summed E-state index contributed by atoms with van der Waals surface area (Å²) in [7, 11) is 0. The third-order valence-corrected chi connectivity index (χ3v) is 3.82. The van der Waals surface area contributed by atoms with Gasteiger partial charge < -0.3 is 19.9 Å². The van der Waals surface area contributed by atoms with Crippen LogP contribution in [-0.4, -0.2) is 41.4 Å². The van der Waals surface area contributed by atoms with Crippen LogP contribution < -0.4 is 5.32 Å². The molecule has 0 heterocycles. The molecule has 0 aliphatic heterocycles. The van der Waals surface area contributed by atoms with E-state index in [4.69, 9.17) is 14.6 Å². The number of nitrogens with one attached hydrogen (secondary N) is 1. The van der Waals surface area contributed by atoms with Crippen molar-refractivity contribution in [1.82, 2.24) is 5.32 Å². The number of alkyl carbamates (subject to hydrolysis) is 1. The molecule has 1 unspecified atom stereocenters. The monoisotopic (exact) mass is 343 g/mol. The largest absolute Gasteiger partial charge is 0.480 e. The second kappa shape index (κ2) is 9.49. The van der Waals surface area contributed by atoms with Crippen LogP contribution in [0.25, 0.3) is 0 Å². The van der Waals surface area contributed by atoms with Crippen molar-refractivity contribution in [3.8, 4) is 0 Å². The molecule has 24 heavy (non-hydrogen) atoms. The predicted molar refractivity (Wildman–Crippen MR) is 87.6 cm³/mol. The zero-order valence-electron chi connectivity index (χ0n) is 14.8. The predicted octanol–water partition coefficient (Wildman–Crippen LogP) is 2.87. The van der Waals surface area contributed by atoms with Crippen molar-refractivity contribution in [2.45, 2.75) is 77.4 Å². The van der Waals surface area contributed by atoms with Gasteiger partial charge in [-0.1, -0.05) is 19.3 Å². The summed E-state index contributed by atoms with van der Waals surface area (Å²) in [6.07, 6.45) is 4.70. The van der Waals surface area contributed by atoms with Gasteiger partial charge in [-0.05, 0) is 46.0 Å². The Kier molecular flexibility index (Phi) is 8.01. The number of rotatable bonds is 7. The number of amides is 1. The first kappa shape index (κ1) is 20.3. The van der Waals surface area contributed by atoms with Gasteiger partial charge in [0.1, 0.15) is 11.6 Å². The molecule has 7 heteroatoms. The molecular weight excluding hydrogens is 314 g/mol. The smallest absolute Gasteiger partial charge is 0.407 e. The van der Waals surface area contributed by atoms with Gasteiger partial charge in [0, 0.05) is 6.42 Å². The zero-order chi connectivity index (χ0) is 18.2. The standard InChI is InChI=1S/C17H29NO6/c1-17(2,3)24-14(19)10-9-13(15(20)21)18-16(22)23-11-12-7-5-4-6-8-12/h12-13H,4-11H2,1-3H3,(H,18,22)(H,20,21). The molecule has 1 saturated carbocycles. The highest BCUT2D eigenvalue weighted by molar-refractivity contribution is 5.80. The lowest BCUT2D eigenvalue weighted by molar-refractivity contribution is -0.155. The Labute approximate surface area is 143 Å². The molecule has 1 atom stereocenters. The van der Waals surface area contributed by atoms with Gasteiger partial charge in [0.05, 0.1) is 6.61 Å². The Bertz CT molecular complexity index is 437. The van der Waals surface area contributed by atoms with Crippen molar-refractivity contribution in [3.63, 3.8) is 0 Å². The van der Waals surface area contributed by atoms with Crippen molar-refractivity contribution in [3.05, 3.63) is 0 Å². The van der Waals surface area contributed by atoms with Crippen LogP contribution in [0.3, 0.4) is 0 Å². The van der Waals surface area contributed by atoms with Crippen LogP contribution in [0.15, 0.2) is 0 Å². The lowest BCUT2D eigenvalue weighted by Gasteiger charge is -2.22. The van der Waals surface area contributed by atoms with Crippen molar-refractivity contribution < 1.29 is 29.0 Å². The lowest BCUT2D eigenvalue weighted by Crippen LogP contribution is -2.42. The normalized spacial score (nSPS) is 17.0. The number of hydrogen-bond acceptors (Lipinski definition) is 5. The summed E-state index contributed by atoms with van der Waals surface area (Å²) in [5.74, 6) is -1.34. The number of carboxylic acid groups (broad SMARTS) is 1. The molecule has 7 nitrogen and oxygen atoms in total. The Morgan fingerprint density at radius 3 is 2.33 bits per heavy atom. The number of hydrogen-bond donors (Lipinski definition) is 2. The van der Waals surface area contributed by atoms with Crippen molar-refractivity contribution in [2.75, 3.05) is 6.61 Å². The SMILES string of the molecule is CC(C)(C)OC(=O)CCC(NC(=O)OCC1CCCCC1)C(=O)O. The van der Waals surface area contributed by atoms with E-state index in [0.717, 1.165) is 25.7 Å². The van der Waals surface area contributed by atoms with Crippen LogP contribution in [0, 0.1) is 5.92 Å². The molecule has 0 bridgehead atoms. The van der Waals surface area contributed by atoms with Crippen molar-refractivity contribution >= 4 is 18.0 Å². The molecule has 138 valence electrons. The van der Waals surface area contributed by atoms with Crippen LogP contribution in [0.5, 0.6) is 0 Å².